The minimum absolute atomic E-state index is 0.461. The maximum absolute atomic E-state index is 5.88. The van der Waals surface area contributed by atoms with Crippen molar-refractivity contribution in [2.24, 2.45) is 5.92 Å². The van der Waals surface area contributed by atoms with Crippen LogP contribution in [0.25, 0.3) is 0 Å². The molecule has 0 spiro atoms. The van der Waals surface area contributed by atoms with E-state index in [1.807, 2.05) is 31.2 Å². The Kier molecular flexibility index (Phi) is 3.46. The molecule has 0 radical (unpaired) electrons. The Morgan fingerprint density at radius 3 is 2.75 bits per heavy atom. The largest absolute Gasteiger partial charge is 0.476 e. The zero-order valence-corrected chi connectivity index (χ0v) is 11.5. The maximum Gasteiger partial charge on any atom is 0.240 e. The van der Waals surface area contributed by atoms with Crippen LogP contribution < -0.4 is 15.2 Å². The Balaban J connectivity index is 1.75. The molecule has 104 valence electrons. The van der Waals surface area contributed by atoms with Gasteiger partial charge in [-0.2, -0.15) is 4.98 Å². The number of benzene rings is 1. The third-order valence-corrected chi connectivity index (χ3v) is 3.32. The summed E-state index contributed by atoms with van der Waals surface area (Å²) in [5, 5.41) is 0. The highest BCUT2D eigenvalue weighted by Crippen LogP contribution is 2.32. The van der Waals surface area contributed by atoms with Gasteiger partial charge in [0.1, 0.15) is 5.75 Å². The summed E-state index contributed by atoms with van der Waals surface area (Å²) in [6, 6.07) is 11.3. The number of para-hydroxylation sites is 1. The van der Waals surface area contributed by atoms with Gasteiger partial charge in [-0.15, -0.1) is 0 Å². The number of hydrogen-bond acceptors (Lipinski definition) is 4. The molecule has 1 aromatic carbocycles. The van der Waals surface area contributed by atoms with Crippen LogP contribution >= 0.6 is 0 Å². The monoisotopic (exact) mass is 270 g/mol. The van der Waals surface area contributed by atoms with Crippen LogP contribution in [-0.4, -0.2) is 11.6 Å². The first-order valence-electron chi connectivity index (χ1n) is 6.85. The van der Waals surface area contributed by atoms with E-state index in [1.54, 1.807) is 12.1 Å². The number of pyridine rings is 1. The molecule has 0 unspecified atom stereocenters. The van der Waals surface area contributed by atoms with E-state index in [0.29, 0.717) is 30.0 Å². The smallest absolute Gasteiger partial charge is 0.240 e. The fourth-order valence-corrected chi connectivity index (χ4v) is 1.87. The van der Waals surface area contributed by atoms with Gasteiger partial charge in [-0.3, -0.25) is 0 Å². The van der Waals surface area contributed by atoms with E-state index in [9.17, 15) is 0 Å². The standard InChI is InChI=1S/C16H18N2O2/c1-11-4-2-3-5-14(11)20-15-9-8-13(17)16(18-15)19-10-12-6-7-12/h2-5,8-9,12H,6-7,10,17H2,1H3. The van der Waals surface area contributed by atoms with Crippen LogP contribution in [0.2, 0.25) is 0 Å². The van der Waals surface area contributed by atoms with Crippen LogP contribution in [0.4, 0.5) is 5.69 Å². The van der Waals surface area contributed by atoms with Crippen LogP contribution in [0.15, 0.2) is 36.4 Å². The van der Waals surface area contributed by atoms with Crippen LogP contribution in [-0.2, 0) is 0 Å². The normalized spacial score (nSPS) is 14.1. The van der Waals surface area contributed by atoms with Gasteiger partial charge in [0.25, 0.3) is 0 Å². The summed E-state index contributed by atoms with van der Waals surface area (Å²) in [5.74, 6) is 2.41. The highest BCUT2D eigenvalue weighted by molar-refractivity contribution is 5.50. The Bertz CT molecular complexity index is 609. The summed E-state index contributed by atoms with van der Waals surface area (Å²) in [6.07, 6.45) is 2.47. The number of hydrogen-bond donors (Lipinski definition) is 1. The zero-order valence-electron chi connectivity index (χ0n) is 11.5. The van der Waals surface area contributed by atoms with E-state index in [2.05, 4.69) is 4.98 Å². The topological polar surface area (TPSA) is 57.4 Å². The van der Waals surface area contributed by atoms with Crippen LogP contribution in [0.1, 0.15) is 18.4 Å². The van der Waals surface area contributed by atoms with E-state index < -0.39 is 0 Å². The molecule has 20 heavy (non-hydrogen) atoms. The second-order valence-electron chi connectivity index (χ2n) is 5.17. The highest BCUT2D eigenvalue weighted by atomic mass is 16.5. The van der Waals surface area contributed by atoms with Crippen LogP contribution in [0.5, 0.6) is 17.5 Å². The van der Waals surface area contributed by atoms with Gasteiger partial charge in [0.2, 0.25) is 11.8 Å². The van der Waals surface area contributed by atoms with Crippen molar-refractivity contribution in [1.82, 2.24) is 4.98 Å². The predicted octanol–water partition coefficient (Wildman–Crippen LogP) is 3.55. The Labute approximate surface area is 118 Å². The minimum Gasteiger partial charge on any atom is -0.476 e. The van der Waals surface area contributed by atoms with Gasteiger partial charge in [-0.25, -0.2) is 0 Å². The molecule has 0 bridgehead atoms. The molecule has 0 aliphatic heterocycles. The summed E-state index contributed by atoms with van der Waals surface area (Å²) in [7, 11) is 0. The molecule has 1 heterocycles. The molecule has 4 nitrogen and oxygen atoms in total. The summed E-state index contributed by atoms with van der Waals surface area (Å²) >= 11 is 0. The van der Waals surface area contributed by atoms with Gasteiger partial charge in [0.15, 0.2) is 0 Å². The zero-order chi connectivity index (χ0) is 13.9. The molecule has 1 aromatic heterocycles. The van der Waals surface area contributed by atoms with E-state index in [4.69, 9.17) is 15.2 Å². The molecule has 1 fully saturated rings. The molecule has 1 aliphatic rings. The fraction of sp³-hybridized carbons (Fsp3) is 0.312. The Hall–Kier alpha value is -2.23. The summed E-state index contributed by atoms with van der Waals surface area (Å²) in [6.45, 7) is 2.68. The van der Waals surface area contributed by atoms with Crippen molar-refractivity contribution < 1.29 is 9.47 Å². The lowest BCUT2D eigenvalue weighted by atomic mass is 10.2. The van der Waals surface area contributed by atoms with Crippen molar-refractivity contribution in [3.8, 4) is 17.5 Å². The molecule has 0 saturated heterocycles. The van der Waals surface area contributed by atoms with Gasteiger partial charge >= 0.3 is 0 Å². The number of nitrogen functional groups attached to an aromatic ring is 1. The third kappa shape index (κ3) is 3.02. The lowest BCUT2D eigenvalue weighted by Crippen LogP contribution is -2.04. The summed E-state index contributed by atoms with van der Waals surface area (Å²) < 4.78 is 11.4. The number of nitrogens with zero attached hydrogens (tertiary/aromatic N) is 1. The molecular weight excluding hydrogens is 252 g/mol. The van der Waals surface area contributed by atoms with E-state index in [1.165, 1.54) is 12.8 Å². The minimum atomic E-state index is 0.461. The summed E-state index contributed by atoms with van der Waals surface area (Å²) in [5.41, 5.74) is 7.48. The number of aromatic nitrogens is 1. The van der Waals surface area contributed by atoms with Crippen LogP contribution in [0.3, 0.4) is 0 Å². The van der Waals surface area contributed by atoms with Gasteiger partial charge < -0.3 is 15.2 Å². The highest BCUT2D eigenvalue weighted by Gasteiger charge is 2.22. The first-order chi connectivity index (χ1) is 9.72. The first-order valence-corrected chi connectivity index (χ1v) is 6.85. The summed E-state index contributed by atoms with van der Waals surface area (Å²) in [4.78, 5) is 4.34. The molecule has 0 amide bonds. The number of anilines is 1. The molecule has 4 heteroatoms. The quantitative estimate of drug-likeness (QED) is 0.902. The number of aryl methyl sites for hydroxylation is 1. The van der Waals surface area contributed by atoms with Crippen molar-refractivity contribution in [3.63, 3.8) is 0 Å². The van der Waals surface area contributed by atoms with Crippen molar-refractivity contribution in [3.05, 3.63) is 42.0 Å². The van der Waals surface area contributed by atoms with E-state index >= 15 is 0 Å². The molecular formula is C16H18N2O2. The maximum atomic E-state index is 5.88. The lowest BCUT2D eigenvalue weighted by Gasteiger charge is -2.11. The first kappa shape index (κ1) is 12.8. The van der Waals surface area contributed by atoms with Gasteiger partial charge in [0.05, 0.1) is 12.3 Å². The Morgan fingerprint density at radius 2 is 2.00 bits per heavy atom. The molecule has 2 N–H and O–H groups in total. The molecule has 1 aliphatic carbocycles. The van der Waals surface area contributed by atoms with Gasteiger partial charge in [-0.05, 0) is 43.4 Å². The molecule has 3 rings (SSSR count). The van der Waals surface area contributed by atoms with Gasteiger partial charge in [0, 0.05) is 6.07 Å². The predicted molar refractivity (Wildman–Crippen MR) is 78.1 cm³/mol. The average Bonchev–Trinajstić information content (AvgIpc) is 3.26. The van der Waals surface area contributed by atoms with Crippen molar-refractivity contribution >= 4 is 5.69 Å². The average molecular weight is 270 g/mol. The van der Waals surface area contributed by atoms with Crippen molar-refractivity contribution in [1.29, 1.82) is 0 Å². The van der Waals surface area contributed by atoms with Gasteiger partial charge in [-0.1, -0.05) is 18.2 Å². The lowest BCUT2D eigenvalue weighted by molar-refractivity contribution is 0.286. The van der Waals surface area contributed by atoms with Crippen molar-refractivity contribution in [2.45, 2.75) is 19.8 Å². The molecule has 1 saturated carbocycles. The van der Waals surface area contributed by atoms with E-state index in [-0.39, 0.29) is 0 Å². The SMILES string of the molecule is Cc1ccccc1Oc1ccc(N)c(OCC2CC2)n1. The number of ether oxygens (including phenoxy) is 2. The fourth-order valence-electron chi connectivity index (χ4n) is 1.87. The molecule has 0 atom stereocenters. The second-order valence-corrected chi connectivity index (χ2v) is 5.17. The number of rotatable bonds is 5. The van der Waals surface area contributed by atoms with Crippen LogP contribution in [0, 0.1) is 12.8 Å². The third-order valence-electron chi connectivity index (χ3n) is 3.32. The molecule has 2 aromatic rings. The van der Waals surface area contributed by atoms with E-state index in [0.717, 1.165) is 11.3 Å². The second kappa shape index (κ2) is 5.41. The number of nitrogens with two attached hydrogens (primary N) is 1. The Morgan fingerprint density at radius 1 is 1.20 bits per heavy atom. The van der Waals surface area contributed by atoms with Crippen molar-refractivity contribution in [2.75, 3.05) is 12.3 Å².